The summed E-state index contributed by atoms with van der Waals surface area (Å²) in [5.41, 5.74) is 0.814. The third kappa shape index (κ3) is 4.65. The number of benzene rings is 2. The molecule has 146 valence electrons. The Balaban J connectivity index is 1.88. The normalized spacial score (nSPS) is 11.5. The van der Waals surface area contributed by atoms with Crippen molar-refractivity contribution in [3.8, 4) is 0 Å². The highest BCUT2D eigenvalue weighted by atomic mass is 32.2. The summed E-state index contributed by atoms with van der Waals surface area (Å²) in [5, 5.41) is 2.66. The number of carbonyl (C=O) groups excluding carboxylic acids is 1. The molecule has 3 aromatic rings. The molecule has 0 spiro atoms. The first-order chi connectivity index (χ1) is 13.4. The molecule has 1 amide bonds. The van der Waals surface area contributed by atoms with Gasteiger partial charge in [-0.1, -0.05) is 18.2 Å². The van der Waals surface area contributed by atoms with Crippen molar-refractivity contribution in [1.29, 1.82) is 0 Å². The summed E-state index contributed by atoms with van der Waals surface area (Å²) in [6, 6.07) is 15.4. The van der Waals surface area contributed by atoms with Crippen molar-refractivity contribution < 1.29 is 22.0 Å². The first kappa shape index (κ1) is 19.8. The van der Waals surface area contributed by atoms with E-state index in [1.807, 2.05) is 0 Å². The standard InChI is InChI=1S/C20H19FN2O4S/c1-15-12-16(21)9-10-19(15)28(25,26)23(13-18-8-5-11-27-18)14-20(24)22-17-6-3-2-4-7-17/h2-12H,13-14H2,1H3,(H,22,24). The fourth-order valence-electron chi connectivity index (χ4n) is 2.73. The third-order valence-corrected chi connectivity index (χ3v) is 6.00. The zero-order valence-electron chi connectivity index (χ0n) is 15.1. The zero-order valence-corrected chi connectivity index (χ0v) is 15.9. The monoisotopic (exact) mass is 402 g/mol. The molecule has 1 heterocycles. The molecular weight excluding hydrogens is 383 g/mol. The first-order valence-electron chi connectivity index (χ1n) is 8.50. The molecule has 6 nitrogen and oxygen atoms in total. The maximum Gasteiger partial charge on any atom is 0.244 e. The molecule has 0 atom stereocenters. The number of anilines is 1. The smallest absolute Gasteiger partial charge is 0.244 e. The van der Waals surface area contributed by atoms with Crippen LogP contribution in [0.3, 0.4) is 0 Å². The summed E-state index contributed by atoms with van der Waals surface area (Å²) in [6.07, 6.45) is 1.42. The Labute approximate surface area is 162 Å². The van der Waals surface area contributed by atoms with Crippen molar-refractivity contribution in [2.45, 2.75) is 18.4 Å². The summed E-state index contributed by atoms with van der Waals surface area (Å²) in [6.45, 7) is 0.953. The van der Waals surface area contributed by atoms with Crippen LogP contribution in [-0.4, -0.2) is 25.2 Å². The van der Waals surface area contributed by atoms with Gasteiger partial charge in [0.25, 0.3) is 0 Å². The molecule has 0 saturated heterocycles. The second kappa shape index (κ2) is 8.37. The van der Waals surface area contributed by atoms with Gasteiger partial charge in [-0.3, -0.25) is 4.79 Å². The lowest BCUT2D eigenvalue weighted by Crippen LogP contribution is -2.37. The highest BCUT2D eigenvalue weighted by molar-refractivity contribution is 7.89. The van der Waals surface area contributed by atoms with E-state index < -0.39 is 28.3 Å². The molecule has 0 aliphatic rings. The van der Waals surface area contributed by atoms with E-state index in [0.29, 0.717) is 11.4 Å². The lowest BCUT2D eigenvalue weighted by atomic mass is 10.2. The Morgan fingerprint density at radius 1 is 1.11 bits per heavy atom. The third-order valence-electron chi connectivity index (χ3n) is 4.04. The van der Waals surface area contributed by atoms with Crippen molar-refractivity contribution in [3.05, 3.63) is 84.1 Å². The molecule has 8 heteroatoms. The number of nitrogens with zero attached hydrogens (tertiary/aromatic N) is 1. The van der Waals surface area contributed by atoms with Crippen LogP contribution in [0.1, 0.15) is 11.3 Å². The average molecular weight is 402 g/mol. The fraction of sp³-hybridized carbons (Fsp3) is 0.150. The lowest BCUT2D eigenvalue weighted by molar-refractivity contribution is -0.116. The van der Waals surface area contributed by atoms with Gasteiger partial charge in [0.15, 0.2) is 0 Å². The zero-order chi connectivity index (χ0) is 20.1. The van der Waals surface area contributed by atoms with E-state index >= 15 is 0 Å². The van der Waals surface area contributed by atoms with Crippen molar-refractivity contribution >= 4 is 21.6 Å². The second-order valence-electron chi connectivity index (χ2n) is 6.18. The summed E-state index contributed by atoms with van der Waals surface area (Å²) in [5.74, 6) is -0.646. The Morgan fingerprint density at radius 3 is 2.50 bits per heavy atom. The molecule has 0 aliphatic carbocycles. The van der Waals surface area contributed by atoms with Gasteiger partial charge in [-0.2, -0.15) is 4.31 Å². The Morgan fingerprint density at radius 2 is 1.86 bits per heavy atom. The number of hydrogen-bond acceptors (Lipinski definition) is 4. The number of amides is 1. The van der Waals surface area contributed by atoms with Crippen LogP contribution >= 0.6 is 0 Å². The van der Waals surface area contributed by atoms with Crippen LogP contribution in [0.4, 0.5) is 10.1 Å². The van der Waals surface area contributed by atoms with Gasteiger partial charge in [0.1, 0.15) is 11.6 Å². The maximum atomic E-state index is 13.4. The molecule has 0 aliphatic heterocycles. The Kier molecular flexibility index (Phi) is 5.91. The van der Waals surface area contributed by atoms with Crippen molar-refractivity contribution in [2.24, 2.45) is 0 Å². The van der Waals surface area contributed by atoms with Gasteiger partial charge < -0.3 is 9.73 Å². The van der Waals surface area contributed by atoms with E-state index in [1.165, 1.54) is 19.3 Å². The van der Waals surface area contributed by atoms with Crippen molar-refractivity contribution in [3.63, 3.8) is 0 Å². The van der Waals surface area contributed by atoms with Gasteiger partial charge in [0.05, 0.1) is 24.2 Å². The molecule has 0 unspecified atom stereocenters. The Bertz CT molecular complexity index is 1050. The van der Waals surface area contributed by atoms with E-state index in [1.54, 1.807) is 42.5 Å². The van der Waals surface area contributed by atoms with E-state index in [4.69, 9.17) is 4.42 Å². The number of halogens is 1. The molecule has 1 aromatic heterocycles. The van der Waals surface area contributed by atoms with E-state index in [2.05, 4.69) is 5.32 Å². The topological polar surface area (TPSA) is 79.6 Å². The molecular formula is C20H19FN2O4S. The highest BCUT2D eigenvalue weighted by Crippen LogP contribution is 2.23. The number of rotatable bonds is 7. The van der Waals surface area contributed by atoms with Crippen molar-refractivity contribution in [1.82, 2.24) is 4.31 Å². The van der Waals surface area contributed by atoms with Gasteiger partial charge >= 0.3 is 0 Å². The van der Waals surface area contributed by atoms with Gasteiger partial charge in [-0.05, 0) is 55.0 Å². The van der Waals surface area contributed by atoms with Crippen LogP contribution in [0.5, 0.6) is 0 Å². The molecule has 0 saturated carbocycles. The molecule has 0 radical (unpaired) electrons. The predicted octanol–water partition coefficient (Wildman–Crippen LogP) is 3.56. The van der Waals surface area contributed by atoms with Crippen LogP contribution < -0.4 is 5.32 Å². The van der Waals surface area contributed by atoms with E-state index in [0.717, 1.165) is 16.4 Å². The van der Waals surface area contributed by atoms with Crippen LogP contribution in [0.2, 0.25) is 0 Å². The number of hydrogen-bond donors (Lipinski definition) is 1. The van der Waals surface area contributed by atoms with Gasteiger partial charge in [0.2, 0.25) is 15.9 Å². The predicted molar refractivity (Wildman–Crippen MR) is 103 cm³/mol. The minimum absolute atomic E-state index is 0.0621. The molecule has 3 rings (SSSR count). The molecule has 2 aromatic carbocycles. The van der Waals surface area contributed by atoms with Gasteiger partial charge in [-0.25, -0.2) is 12.8 Å². The number of sulfonamides is 1. The van der Waals surface area contributed by atoms with E-state index in [9.17, 15) is 17.6 Å². The van der Waals surface area contributed by atoms with Crippen LogP contribution in [-0.2, 0) is 21.4 Å². The van der Waals surface area contributed by atoms with E-state index in [-0.39, 0.29) is 17.0 Å². The fourth-order valence-corrected chi connectivity index (χ4v) is 4.29. The number of nitrogens with one attached hydrogen (secondary N) is 1. The van der Waals surface area contributed by atoms with Gasteiger partial charge in [0, 0.05) is 5.69 Å². The summed E-state index contributed by atoms with van der Waals surface area (Å²) in [7, 11) is -4.07. The van der Waals surface area contributed by atoms with Crippen molar-refractivity contribution in [2.75, 3.05) is 11.9 Å². The molecule has 0 bridgehead atoms. The molecule has 1 N–H and O–H groups in total. The van der Waals surface area contributed by atoms with Crippen LogP contribution in [0.15, 0.2) is 76.2 Å². The number of carbonyl (C=O) groups is 1. The largest absolute Gasteiger partial charge is 0.468 e. The molecule has 0 fully saturated rings. The minimum atomic E-state index is -4.07. The van der Waals surface area contributed by atoms with Crippen LogP contribution in [0, 0.1) is 12.7 Å². The van der Waals surface area contributed by atoms with Crippen LogP contribution in [0.25, 0.3) is 0 Å². The number of para-hydroxylation sites is 1. The summed E-state index contributed by atoms with van der Waals surface area (Å²) < 4.78 is 46.0. The summed E-state index contributed by atoms with van der Waals surface area (Å²) in [4.78, 5) is 12.4. The Hall–Kier alpha value is -2.97. The number of furan rings is 1. The quantitative estimate of drug-likeness (QED) is 0.655. The lowest BCUT2D eigenvalue weighted by Gasteiger charge is -2.22. The van der Waals surface area contributed by atoms with Gasteiger partial charge in [-0.15, -0.1) is 0 Å². The second-order valence-corrected chi connectivity index (χ2v) is 8.08. The average Bonchev–Trinajstić information content (AvgIpc) is 3.15. The molecule has 28 heavy (non-hydrogen) atoms. The first-order valence-corrected chi connectivity index (χ1v) is 9.94. The highest BCUT2D eigenvalue weighted by Gasteiger charge is 2.29. The minimum Gasteiger partial charge on any atom is -0.468 e. The number of aryl methyl sites for hydroxylation is 1. The maximum absolute atomic E-state index is 13.4. The summed E-state index contributed by atoms with van der Waals surface area (Å²) >= 11 is 0. The SMILES string of the molecule is Cc1cc(F)ccc1S(=O)(=O)N(CC(=O)Nc1ccccc1)Cc1ccco1.